The molecule has 0 unspecified atom stereocenters. The van der Waals surface area contributed by atoms with E-state index in [1.165, 1.54) is 48.8 Å². The summed E-state index contributed by atoms with van der Waals surface area (Å²) in [5.74, 6) is 0.445. The topological polar surface area (TPSA) is 43.1 Å². The quantitative estimate of drug-likeness (QED) is 0.862. The van der Waals surface area contributed by atoms with Crippen LogP contribution in [-0.4, -0.2) is 5.91 Å². The fraction of sp³-hybridized carbons (Fsp3) is 0.471. The van der Waals surface area contributed by atoms with Gasteiger partial charge in [-0.15, -0.1) is 0 Å². The first-order valence-electron chi connectivity index (χ1n) is 7.37. The predicted octanol–water partition coefficient (Wildman–Crippen LogP) is 3.55. The number of carbonyl (C=O) groups is 1. The van der Waals surface area contributed by atoms with Gasteiger partial charge in [0.15, 0.2) is 0 Å². The molecule has 0 aromatic heterocycles. The Morgan fingerprint density at radius 1 is 1.11 bits per heavy atom. The van der Waals surface area contributed by atoms with Gasteiger partial charge in [0, 0.05) is 5.57 Å². The standard InChI is InChI=1S/C17H21NO/c18-17(19)15-9-7-13-6-8-14(10-16(13)11-15)12-4-2-1-3-5-12/h6,8,10-12H,1-5,7,9H2,(H2,18,19). The molecule has 0 atom stereocenters. The van der Waals surface area contributed by atoms with Crippen molar-refractivity contribution in [3.05, 3.63) is 40.5 Å². The predicted molar refractivity (Wildman–Crippen MR) is 77.8 cm³/mol. The summed E-state index contributed by atoms with van der Waals surface area (Å²) < 4.78 is 0. The van der Waals surface area contributed by atoms with Crippen molar-refractivity contribution in [3.63, 3.8) is 0 Å². The van der Waals surface area contributed by atoms with Crippen LogP contribution in [0.2, 0.25) is 0 Å². The number of aryl methyl sites for hydroxylation is 1. The summed E-state index contributed by atoms with van der Waals surface area (Å²) in [6, 6.07) is 6.82. The first-order chi connectivity index (χ1) is 9.24. The first-order valence-corrected chi connectivity index (χ1v) is 7.37. The van der Waals surface area contributed by atoms with E-state index in [4.69, 9.17) is 5.73 Å². The zero-order chi connectivity index (χ0) is 13.2. The number of rotatable bonds is 2. The molecule has 0 bridgehead atoms. The van der Waals surface area contributed by atoms with Crippen molar-refractivity contribution in [1.29, 1.82) is 0 Å². The van der Waals surface area contributed by atoms with Gasteiger partial charge in [-0.1, -0.05) is 37.5 Å². The van der Waals surface area contributed by atoms with Gasteiger partial charge in [-0.3, -0.25) is 4.79 Å². The second kappa shape index (κ2) is 5.20. The van der Waals surface area contributed by atoms with Crippen molar-refractivity contribution >= 4 is 12.0 Å². The van der Waals surface area contributed by atoms with Crippen molar-refractivity contribution in [2.75, 3.05) is 0 Å². The van der Waals surface area contributed by atoms with E-state index in [-0.39, 0.29) is 5.91 Å². The van der Waals surface area contributed by atoms with E-state index in [1.807, 2.05) is 6.08 Å². The lowest BCUT2D eigenvalue weighted by atomic mass is 9.81. The van der Waals surface area contributed by atoms with Crippen LogP contribution in [0, 0.1) is 0 Å². The molecule has 2 aliphatic carbocycles. The molecule has 1 fully saturated rings. The number of primary amides is 1. The Kier molecular flexibility index (Phi) is 3.41. The number of carbonyl (C=O) groups excluding carboxylic acids is 1. The molecule has 2 N–H and O–H groups in total. The van der Waals surface area contributed by atoms with E-state index >= 15 is 0 Å². The number of hydrogen-bond acceptors (Lipinski definition) is 1. The van der Waals surface area contributed by atoms with E-state index in [9.17, 15) is 4.79 Å². The fourth-order valence-corrected chi connectivity index (χ4v) is 3.39. The van der Waals surface area contributed by atoms with Gasteiger partial charge in [0.2, 0.25) is 5.91 Å². The third-order valence-electron chi connectivity index (χ3n) is 4.56. The van der Waals surface area contributed by atoms with Crippen molar-refractivity contribution in [3.8, 4) is 0 Å². The van der Waals surface area contributed by atoms with Crippen LogP contribution in [0.3, 0.4) is 0 Å². The van der Waals surface area contributed by atoms with Gasteiger partial charge in [0.25, 0.3) is 0 Å². The van der Waals surface area contributed by atoms with E-state index < -0.39 is 0 Å². The summed E-state index contributed by atoms with van der Waals surface area (Å²) in [6.07, 6.45) is 10.4. The zero-order valence-electron chi connectivity index (χ0n) is 11.3. The Morgan fingerprint density at radius 3 is 2.63 bits per heavy atom. The summed E-state index contributed by atoms with van der Waals surface area (Å²) in [7, 11) is 0. The number of hydrogen-bond donors (Lipinski definition) is 1. The van der Waals surface area contributed by atoms with Crippen LogP contribution < -0.4 is 5.73 Å². The van der Waals surface area contributed by atoms with Crippen LogP contribution in [0.1, 0.15) is 61.1 Å². The highest BCUT2D eigenvalue weighted by atomic mass is 16.1. The summed E-state index contributed by atoms with van der Waals surface area (Å²) in [5, 5.41) is 0. The van der Waals surface area contributed by atoms with Crippen LogP contribution in [-0.2, 0) is 11.2 Å². The minimum absolute atomic E-state index is 0.270. The highest BCUT2D eigenvalue weighted by Crippen LogP contribution is 2.35. The Bertz CT molecular complexity index is 524. The molecule has 0 radical (unpaired) electrons. The fourth-order valence-electron chi connectivity index (χ4n) is 3.39. The highest BCUT2D eigenvalue weighted by molar-refractivity contribution is 5.97. The number of amides is 1. The van der Waals surface area contributed by atoms with Crippen molar-refractivity contribution in [1.82, 2.24) is 0 Å². The second-order valence-corrected chi connectivity index (χ2v) is 5.83. The monoisotopic (exact) mass is 255 g/mol. The molecule has 0 aliphatic heterocycles. The molecule has 1 aromatic rings. The smallest absolute Gasteiger partial charge is 0.244 e. The normalized spacial score (nSPS) is 19.7. The molecule has 1 amide bonds. The third kappa shape index (κ3) is 2.58. The molecule has 2 aliphatic rings. The van der Waals surface area contributed by atoms with Gasteiger partial charge in [-0.2, -0.15) is 0 Å². The van der Waals surface area contributed by atoms with Crippen LogP contribution in [0.4, 0.5) is 0 Å². The number of nitrogens with two attached hydrogens (primary N) is 1. The summed E-state index contributed by atoms with van der Waals surface area (Å²) in [5.41, 5.74) is 10.2. The molecule has 2 heteroatoms. The zero-order valence-corrected chi connectivity index (χ0v) is 11.3. The molecular weight excluding hydrogens is 234 g/mol. The van der Waals surface area contributed by atoms with E-state index in [1.54, 1.807) is 0 Å². The maximum Gasteiger partial charge on any atom is 0.244 e. The van der Waals surface area contributed by atoms with Crippen molar-refractivity contribution < 1.29 is 4.79 Å². The van der Waals surface area contributed by atoms with Crippen LogP contribution in [0.5, 0.6) is 0 Å². The Balaban J connectivity index is 1.90. The molecule has 19 heavy (non-hydrogen) atoms. The lowest BCUT2D eigenvalue weighted by molar-refractivity contribution is -0.114. The summed E-state index contributed by atoms with van der Waals surface area (Å²) in [6.45, 7) is 0. The minimum atomic E-state index is -0.270. The molecule has 1 aromatic carbocycles. The van der Waals surface area contributed by atoms with Crippen LogP contribution in [0.15, 0.2) is 23.8 Å². The molecule has 0 heterocycles. The van der Waals surface area contributed by atoms with E-state index in [0.717, 1.165) is 18.4 Å². The average Bonchev–Trinajstić information content (AvgIpc) is 2.47. The molecule has 2 nitrogen and oxygen atoms in total. The van der Waals surface area contributed by atoms with Gasteiger partial charge in [-0.05, 0) is 54.4 Å². The summed E-state index contributed by atoms with van der Waals surface area (Å²) >= 11 is 0. The maximum atomic E-state index is 11.3. The molecular formula is C17H21NO. The first kappa shape index (κ1) is 12.5. The molecule has 0 spiro atoms. The van der Waals surface area contributed by atoms with Gasteiger partial charge >= 0.3 is 0 Å². The molecule has 1 saturated carbocycles. The van der Waals surface area contributed by atoms with E-state index in [2.05, 4.69) is 18.2 Å². The number of fused-ring (bicyclic) bond motifs is 1. The Labute approximate surface area is 114 Å². The van der Waals surface area contributed by atoms with E-state index in [0.29, 0.717) is 5.92 Å². The largest absolute Gasteiger partial charge is 0.366 e. The highest BCUT2D eigenvalue weighted by Gasteiger charge is 2.18. The second-order valence-electron chi connectivity index (χ2n) is 5.83. The molecule has 3 rings (SSSR count). The van der Waals surface area contributed by atoms with Crippen molar-refractivity contribution in [2.45, 2.75) is 50.9 Å². The van der Waals surface area contributed by atoms with Gasteiger partial charge in [0.1, 0.15) is 0 Å². The average molecular weight is 255 g/mol. The lowest BCUT2D eigenvalue weighted by Gasteiger charge is -2.24. The molecule has 100 valence electrons. The minimum Gasteiger partial charge on any atom is -0.366 e. The number of benzene rings is 1. The summed E-state index contributed by atoms with van der Waals surface area (Å²) in [4.78, 5) is 11.3. The SMILES string of the molecule is NC(=O)C1=Cc2cc(C3CCCCC3)ccc2CC1. The van der Waals surface area contributed by atoms with Gasteiger partial charge in [0.05, 0.1) is 0 Å². The van der Waals surface area contributed by atoms with Gasteiger partial charge in [-0.25, -0.2) is 0 Å². The Hall–Kier alpha value is -1.57. The lowest BCUT2D eigenvalue weighted by Crippen LogP contribution is -2.16. The van der Waals surface area contributed by atoms with Gasteiger partial charge < -0.3 is 5.73 Å². The Morgan fingerprint density at radius 2 is 1.89 bits per heavy atom. The molecule has 0 saturated heterocycles. The van der Waals surface area contributed by atoms with Crippen LogP contribution >= 0.6 is 0 Å². The third-order valence-corrected chi connectivity index (χ3v) is 4.56. The maximum absolute atomic E-state index is 11.3. The van der Waals surface area contributed by atoms with Crippen LogP contribution in [0.25, 0.3) is 6.08 Å². The van der Waals surface area contributed by atoms with Crippen molar-refractivity contribution in [2.24, 2.45) is 5.73 Å².